The number of halogens is 1. The van der Waals surface area contributed by atoms with Crippen LogP contribution in [0.4, 0.5) is 0 Å². The second kappa shape index (κ2) is 7.93. The standard InChI is InChI=1S/C23H39ClN4O2/c1-5-23(10-16-6-7-22(24,9-16)15-23)26-19(29)13-27-11-17-8-18(12-27)28(17)14-20(30)25-21(2,3)4/h16-18H,5-15H2,1-4H3,(H,25,30)(H,26,29). The van der Waals surface area contributed by atoms with Crippen molar-refractivity contribution < 1.29 is 9.59 Å². The van der Waals surface area contributed by atoms with Crippen molar-refractivity contribution in [3.8, 4) is 0 Å². The van der Waals surface area contributed by atoms with E-state index >= 15 is 0 Å². The van der Waals surface area contributed by atoms with Crippen LogP contribution in [-0.2, 0) is 9.59 Å². The molecule has 3 aliphatic heterocycles. The van der Waals surface area contributed by atoms with E-state index in [1.54, 1.807) is 0 Å². The zero-order valence-corrected chi connectivity index (χ0v) is 19.9. The number of fused-ring (bicyclic) bond motifs is 4. The summed E-state index contributed by atoms with van der Waals surface area (Å²) >= 11 is 6.86. The molecule has 2 aliphatic carbocycles. The van der Waals surface area contributed by atoms with E-state index in [1.807, 2.05) is 20.8 Å². The van der Waals surface area contributed by atoms with Crippen LogP contribution in [0.1, 0.15) is 72.6 Å². The maximum atomic E-state index is 12.9. The molecule has 170 valence electrons. The van der Waals surface area contributed by atoms with E-state index in [-0.39, 0.29) is 27.8 Å². The first-order chi connectivity index (χ1) is 14.0. The molecule has 2 saturated carbocycles. The first-order valence-corrected chi connectivity index (χ1v) is 12.1. The van der Waals surface area contributed by atoms with E-state index in [2.05, 4.69) is 27.4 Å². The van der Waals surface area contributed by atoms with E-state index in [9.17, 15) is 9.59 Å². The van der Waals surface area contributed by atoms with Gasteiger partial charge in [-0.1, -0.05) is 6.92 Å². The maximum absolute atomic E-state index is 12.9. The minimum absolute atomic E-state index is 0.0928. The average molecular weight is 439 g/mol. The number of carbonyl (C=O) groups excluding carboxylic acids is 2. The first kappa shape index (κ1) is 22.3. The van der Waals surface area contributed by atoms with Crippen molar-refractivity contribution in [1.82, 2.24) is 20.4 Å². The highest BCUT2D eigenvalue weighted by Gasteiger charge is 2.51. The molecule has 3 heterocycles. The van der Waals surface area contributed by atoms with Gasteiger partial charge < -0.3 is 10.6 Å². The molecule has 5 rings (SSSR count). The average Bonchev–Trinajstić information content (AvgIpc) is 2.91. The fourth-order valence-electron chi connectivity index (χ4n) is 6.53. The Balaban J connectivity index is 1.26. The molecule has 5 atom stereocenters. The predicted octanol–water partition coefficient (Wildman–Crippen LogP) is 2.50. The number of amides is 2. The lowest BCUT2D eigenvalue weighted by atomic mass is 9.73. The molecule has 5 fully saturated rings. The minimum Gasteiger partial charge on any atom is -0.350 e. The number of hydrogen-bond acceptors (Lipinski definition) is 4. The highest BCUT2D eigenvalue weighted by molar-refractivity contribution is 6.24. The van der Waals surface area contributed by atoms with E-state index in [0.717, 1.165) is 51.6 Å². The summed E-state index contributed by atoms with van der Waals surface area (Å²) in [5.74, 6) is 0.888. The van der Waals surface area contributed by atoms with Gasteiger partial charge in [0, 0.05) is 41.1 Å². The lowest BCUT2D eigenvalue weighted by Crippen LogP contribution is -2.70. The normalized spacial score (nSPS) is 38.8. The Morgan fingerprint density at radius 2 is 1.80 bits per heavy atom. The zero-order chi connectivity index (χ0) is 21.7. The first-order valence-electron chi connectivity index (χ1n) is 11.8. The van der Waals surface area contributed by atoms with Gasteiger partial charge in [0.25, 0.3) is 0 Å². The molecule has 3 saturated heterocycles. The van der Waals surface area contributed by atoms with Gasteiger partial charge >= 0.3 is 0 Å². The number of piperazine rings is 1. The van der Waals surface area contributed by atoms with Crippen molar-refractivity contribution in [2.75, 3.05) is 26.2 Å². The van der Waals surface area contributed by atoms with Crippen molar-refractivity contribution in [3.63, 3.8) is 0 Å². The molecule has 0 aromatic heterocycles. The fraction of sp³-hybridized carbons (Fsp3) is 0.913. The molecule has 2 amide bonds. The Morgan fingerprint density at radius 3 is 2.40 bits per heavy atom. The number of nitrogens with zero attached hydrogens (tertiary/aromatic N) is 2. The van der Waals surface area contributed by atoms with Crippen LogP contribution in [0.15, 0.2) is 0 Å². The third-order valence-electron chi connectivity index (χ3n) is 7.70. The van der Waals surface area contributed by atoms with Crippen molar-refractivity contribution >= 4 is 23.4 Å². The summed E-state index contributed by atoms with van der Waals surface area (Å²) < 4.78 is 0. The van der Waals surface area contributed by atoms with Gasteiger partial charge in [-0.25, -0.2) is 0 Å². The minimum atomic E-state index is -0.198. The Bertz CT molecular complexity index is 683. The van der Waals surface area contributed by atoms with Crippen molar-refractivity contribution in [2.45, 2.75) is 101 Å². The van der Waals surface area contributed by atoms with Crippen LogP contribution >= 0.6 is 11.6 Å². The monoisotopic (exact) mass is 438 g/mol. The van der Waals surface area contributed by atoms with Gasteiger partial charge in [0.1, 0.15) is 0 Å². The fourth-order valence-corrected chi connectivity index (χ4v) is 7.11. The van der Waals surface area contributed by atoms with Gasteiger partial charge in [0.15, 0.2) is 0 Å². The van der Waals surface area contributed by atoms with E-state index in [1.165, 1.54) is 6.42 Å². The highest BCUT2D eigenvalue weighted by Crippen LogP contribution is 2.53. The van der Waals surface area contributed by atoms with E-state index < -0.39 is 0 Å². The highest BCUT2D eigenvalue weighted by atomic mass is 35.5. The Morgan fingerprint density at radius 1 is 1.10 bits per heavy atom. The summed E-state index contributed by atoms with van der Waals surface area (Å²) in [6, 6.07) is 0.776. The van der Waals surface area contributed by atoms with Crippen LogP contribution in [0.3, 0.4) is 0 Å². The van der Waals surface area contributed by atoms with Crippen LogP contribution in [0, 0.1) is 5.92 Å². The SMILES string of the molecule is CCC1(NC(=O)CN2CC3CC(C2)N3CC(=O)NC(C)(C)C)CC2CCC(Cl)(C2)C1. The number of nitrogens with one attached hydrogen (secondary N) is 2. The van der Waals surface area contributed by atoms with Crippen LogP contribution in [-0.4, -0.2) is 75.8 Å². The Labute approximate surface area is 186 Å². The van der Waals surface area contributed by atoms with E-state index in [4.69, 9.17) is 11.6 Å². The molecule has 7 heteroatoms. The third kappa shape index (κ3) is 4.81. The lowest BCUT2D eigenvalue weighted by molar-refractivity contribution is -0.136. The molecule has 0 aromatic rings. The topological polar surface area (TPSA) is 64.7 Å². The van der Waals surface area contributed by atoms with Gasteiger partial charge in [-0.2, -0.15) is 0 Å². The van der Waals surface area contributed by atoms with Gasteiger partial charge in [-0.3, -0.25) is 19.4 Å². The molecule has 0 aromatic carbocycles. The molecule has 6 nitrogen and oxygen atoms in total. The second-order valence-corrected chi connectivity index (χ2v) is 12.3. The zero-order valence-electron chi connectivity index (χ0n) is 19.1. The maximum Gasteiger partial charge on any atom is 0.234 e. The molecule has 5 aliphatic rings. The van der Waals surface area contributed by atoms with Gasteiger partial charge in [0.2, 0.25) is 11.8 Å². The molecule has 30 heavy (non-hydrogen) atoms. The molecule has 2 N–H and O–H groups in total. The molecule has 5 unspecified atom stereocenters. The third-order valence-corrected chi connectivity index (χ3v) is 8.18. The lowest BCUT2D eigenvalue weighted by Gasteiger charge is -2.56. The van der Waals surface area contributed by atoms with Crippen LogP contribution in [0.2, 0.25) is 0 Å². The van der Waals surface area contributed by atoms with Crippen LogP contribution < -0.4 is 10.6 Å². The van der Waals surface area contributed by atoms with Crippen molar-refractivity contribution in [3.05, 3.63) is 0 Å². The number of rotatable bonds is 6. The quantitative estimate of drug-likeness (QED) is 0.625. The molecular formula is C23H39ClN4O2. The van der Waals surface area contributed by atoms with Gasteiger partial charge in [-0.05, 0) is 71.6 Å². The van der Waals surface area contributed by atoms with E-state index in [0.29, 0.717) is 31.1 Å². The largest absolute Gasteiger partial charge is 0.350 e. The Hall–Kier alpha value is -0.850. The van der Waals surface area contributed by atoms with Crippen LogP contribution in [0.5, 0.6) is 0 Å². The molecule has 0 spiro atoms. The summed E-state index contributed by atoms with van der Waals surface area (Å²) in [5, 5.41) is 6.46. The van der Waals surface area contributed by atoms with Gasteiger partial charge in [0.05, 0.1) is 13.1 Å². The van der Waals surface area contributed by atoms with Crippen molar-refractivity contribution in [1.29, 1.82) is 0 Å². The second-order valence-electron chi connectivity index (χ2n) is 11.5. The summed E-state index contributed by atoms with van der Waals surface area (Å²) in [5.41, 5.74) is -0.329. The van der Waals surface area contributed by atoms with Crippen molar-refractivity contribution in [2.24, 2.45) is 5.92 Å². The number of hydrogen-bond donors (Lipinski definition) is 2. The Kier molecular flexibility index (Phi) is 5.91. The summed E-state index contributed by atoms with van der Waals surface area (Å²) in [7, 11) is 0. The number of alkyl halides is 1. The summed E-state index contributed by atoms with van der Waals surface area (Å²) in [6.45, 7) is 10.9. The molecule has 0 radical (unpaired) electrons. The van der Waals surface area contributed by atoms with Gasteiger partial charge in [-0.15, -0.1) is 11.6 Å². The smallest absolute Gasteiger partial charge is 0.234 e. The molecule has 4 bridgehead atoms. The summed E-state index contributed by atoms with van der Waals surface area (Å²) in [4.78, 5) is 29.7. The van der Waals surface area contributed by atoms with Crippen LogP contribution in [0.25, 0.3) is 0 Å². The molecular weight excluding hydrogens is 400 g/mol. The predicted molar refractivity (Wildman–Crippen MR) is 120 cm³/mol. The summed E-state index contributed by atoms with van der Waals surface area (Å²) in [6.07, 6.45) is 7.47. The number of piperidine rings is 1. The number of carbonyl (C=O) groups is 2.